The Morgan fingerprint density at radius 1 is 1.53 bits per heavy atom. The van der Waals surface area contributed by atoms with E-state index in [4.69, 9.17) is 9.52 Å². The maximum absolute atomic E-state index is 10.5. The predicted molar refractivity (Wildman–Crippen MR) is 52.6 cm³/mol. The maximum atomic E-state index is 10.5. The lowest BCUT2D eigenvalue weighted by atomic mass is 10.2. The minimum Gasteiger partial charge on any atom is -0.772 e. The predicted octanol–water partition coefficient (Wildman–Crippen LogP) is 0.699. The number of benzene rings is 1. The molecule has 1 atom stereocenters. The summed E-state index contributed by atoms with van der Waals surface area (Å²) in [5.74, 6) is 0.177. The SMILES string of the molecule is O=S([O-])Cc1ccc2nc(CO)oc2c1. The van der Waals surface area contributed by atoms with Crippen molar-refractivity contribution in [1.29, 1.82) is 0 Å². The molecule has 0 fully saturated rings. The molecule has 0 aliphatic heterocycles. The van der Waals surface area contributed by atoms with Crippen LogP contribution in [0.25, 0.3) is 11.1 Å². The zero-order valence-corrected chi connectivity index (χ0v) is 8.49. The van der Waals surface area contributed by atoms with Crippen molar-refractivity contribution in [3.8, 4) is 0 Å². The van der Waals surface area contributed by atoms with Crippen LogP contribution in [0.1, 0.15) is 11.5 Å². The number of hydrogen-bond donors (Lipinski definition) is 1. The van der Waals surface area contributed by atoms with Gasteiger partial charge in [0.05, 0.1) is 0 Å². The first-order valence-corrected chi connectivity index (χ1v) is 5.48. The van der Waals surface area contributed by atoms with Crippen LogP contribution >= 0.6 is 0 Å². The topological polar surface area (TPSA) is 86.4 Å². The van der Waals surface area contributed by atoms with Crippen molar-refractivity contribution in [2.24, 2.45) is 0 Å². The summed E-state index contributed by atoms with van der Waals surface area (Å²) in [4.78, 5) is 3.98. The Balaban J connectivity index is 2.41. The molecule has 0 saturated carbocycles. The van der Waals surface area contributed by atoms with E-state index in [9.17, 15) is 8.76 Å². The molecule has 1 N–H and O–H groups in total. The monoisotopic (exact) mass is 226 g/mol. The van der Waals surface area contributed by atoms with Gasteiger partial charge in [0.15, 0.2) is 5.58 Å². The van der Waals surface area contributed by atoms with Crippen LogP contribution in [0.5, 0.6) is 0 Å². The third-order valence-electron chi connectivity index (χ3n) is 1.92. The van der Waals surface area contributed by atoms with E-state index in [0.29, 0.717) is 16.7 Å². The minimum absolute atomic E-state index is 0.0505. The number of fused-ring (bicyclic) bond motifs is 1. The first kappa shape index (κ1) is 10.3. The van der Waals surface area contributed by atoms with Crippen molar-refractivity contribution in [3.63, 3.8) is 0 Å². The molecule has 0 bridgehead atoms. The van der Waals surface area contributed by atoms with E-state index in [2.05, 4.69) is 4.98 Å². The number of aromatic nitrogens is 1. The van der Waals surface area contributed by atoms with Crippen molar-refractivity contribution in [2.75, 3.05) is 0 Å². The highest BCUT2D eigenvalue weighted by Gasteiger charge is 2.05. The van der Waals surface area contributed by atoms with Crippen LogP contribution in [0.2, 0.25) is 0 Å². The Bertz CT molecular complexity index is 508. The van der Waals surface area contributed by atoms with Crippen molar-refractivity contribution in [1.82, 2.24) is 4.98 Å². The van der Waals surface area contributed by atoms with Gasteiger partial charge in [0.2, 0.25) is 5.89 Å². The van der Waals surface area contributed by atoms with Crippen molar-refractivity contribution < 1.29 is 18.3 Å². The van der Waals surface area contributed by atoms with Gasteiger partial charge in [0.25, 0.3) is 0 Å². The molecule has 0 aliphatic carbocycles. The smallest absolute Gasteiger partial charge is 0.221 e. The molecular formula is C9H8NO4S-. The fourth-order valence-corrected chi connectivity index (χ4v) is 1.76. The Labute approximate surface area is 88.0 Å². The molecule has 0 spiro atoms. The molecule has 80 valence electrons. The van der Waals surface area contributed by atoms with Gasteiger partial charge >= 0.3 is 0 Å². The molecular weight excluding hydrogens is 218 g/mol. The van der Waals surface area contributed by atoms with Crippen LogP contribution in [-0.2, 0) is 23.4 Å². The van der Waals surface area contributed by atoms with Crippen LogP contribution in [0.3, 0.4) is 0 Å². The summed E-state index contributed by atoms with van der Waals surface area (Å²) in [6, 6.07) is 4.94. The Kier molecular flexibility index (Phi) is 2.81. The van der Waals surface area contributed by atoms with E-state index in [0.717, 1.165) is 0 Å². The largest absolute Gasteiger partial charge is 0.772 e. The number of aliphatic hydroxyl groups excluding tert-OH is 1. The van der Waals surface area contributed by atoms with Gasteiger partial charge in [-0.1, -0.05) is 17.1 Å². The summed E-state index contributed by atoms with van der Waals surface area (Å²) in [7, 11) is 0. The van der Waals surface area contributed by atoms with E-state index in [1.807, 2.05) is 0 Å². The molecule has 5 nitrogen and oxygen atoms in total. The summed E-state index contributed by atoms with van der Waals surface area (Å²) < 4.78 is 26.1. The number of oxazole rings is 1. The lowest BCUT2D eigenvalue weighted by Gasteiger charge is -2.03. The van der Waals surface area contributed by atoms with Gasteiger partial charge in [0.1, 0.15) is 12.1 Å². The molecule has 2 aromatic rings. The van der Waals surface area contributed by atoms with Crippen LogP contribution in [-0.4, -0.2) is 18.9 Å². The first-order chi connectivity index (χ1) is 7.19. The normalized spacial score (nSPS) is 13.2. The summed E-state index contributed by atoms with van der Waals surface area (Å²) in [5.41, 5.74) is 1.73. The van der Waals surface area contributed by atoms with Crippen molar-refractivity contribution in [2.45, 2.75) is 12.4 Å². The van der Waals surface area contributed by atoms with E-state index >= 15 is 0 Å². The number of rotatable bonds is 3. The Hall–Kier alpha value is -1.24. The molecule has 1 aromatic carbocycles. The van der Waals surface area contributed by atoms with Crippen LogP contribution in [0.4, 0.5) is 0 Å². The summed E-state index contributed by atoms with van der Waals surface area (Å²) in [6.07, 6.45) is 0. The standard InChI is InChI=1S/C9H9NO4S/c11-4-9-10-7-2-1-6(5-15(12)13)3-8(7)14-9/h1-3,11H,4-5H2,(H,12,13)/p-1. The van der Waals surface area contributed by atoms with Crippen LogP contribution < -0.4 is 0 Å². The molecule has 6 heteroatoms. The summed E-state index contributed by atoms with van der Waals surface area (Å²) >= 11 is -2.12. The van der Waals surface area contributed by atoms with Gasteiger partial charge in [-0.2, -0.15) is 0 Å². The van der Waals surface area contributed by atoms with E-state index < -0.39 is 11.1 Å². The second-order valence-electron chi connectivity index (χ2n) is 3.02. The highest BCUT2D eigenvalue weighted by Crippen LogP contribution is 2.17. The minimum atomic E-state index is -2.12. The molecule has 0 aliphatic rings. The average molecular weight is 226 g/mol. The molecule has 2 rings (SSSR count). The van der Waals surface area contributed by atoms with Crippen LogP contribution in [0, 0.1) is 0 Å². The number of aliphatic hydroxyl groups is 1. The fourth-order valence-electron chi connectivity index (χ4n) is 1.31. The molecule has 0 radical (unpaired) electrons. The third-order valence-corrected chi connectivity index (χ3v) is 2.49. The maximum Gasteiger partial charge on any atom is 0.221 e. The second-order valence-corrected chi connectivity index (χ2v) is 3.91. The van der Waals surface area contributed by atoms with Gasteiger partial charge < -0.3 is 14.1 Å². The van der Waals surface area contributed by atoms with Gasteiger partial charge in [-0.15, -0.1) is 0 Å². The van der Waals surface area contributed by atoms with Gasteiger partial charge in [0, 0.05) is 5.75 Å². The lowest BCUT2D eigenvalue weighted by Crippen LogP contribution is -1.92. The number of hydrogen-bond acceptors (Lipinski definition) is 5. The third kappa shape index (κ3) is 2.23. The first-order valence-electron chi connectivity index (χ1n) is 4.24. The highest BCUT2D eigenvalue weighted by atomic mass is 32.2. The van der Waals surface area contributed by atoms with E-state index in [1.54, 1.807) is 18.2 Å². The lowest BCUT2D eigenvalue weighted by molar-refractivity contribution is 0.244. The van der Waals surface area contributed by atoms with E-state index in [1.165, 1.54) is 0 Å². The zero-order valence-electron chi connectivity index (χ0n) is 7.67. The molecule has 1 aromatic heterocycles. The second kappa shape index (κ2) is 4.09. The average Bonchev–Trinajstić information content (AvgIpc) is 2.58. The Morgan fingerprint density at radius 2 is 2.33 bits per heavy atom. The summed E-state index contributed by atoms with van der Waals surface area (Å²) in [6.45, 7) is -0.266. The Morgan fingerprint density at radius 3 is 3.00 bits per heavy atom. The molecule has 1 heterocycles. The van der Waals surface area contributed by atoms with Gasteiger partial charge in [-0.05, 0) is 17.7 Å². The van der Waals surface area contributed by atoms with Gasteiger partial charge in [-0.25, -0.2) is 4.98 Å². The van der Waals surface area contributed by atoms with Crippen molar-refractivity contribution in [3.05, 3.63) is 29.7 Å². The molecule has 0 saturated heterocycles. The quantitative estimate of drug-likeness (QED) is 0.778. The summed E-state index contributed by atoms with van der Waals surface area (Å²) in [5, 5.41) is 8.80. The molecule has 0 amide bonds. The van der Waals surface area contributed by atoms with E-state index in [-0.39, 0.29) is 18.3 Å². The molecule has 15 heavy (non-hydrogen) atoms. The van der Waals surface area contributed by atoms with Gasteiger partial charge in [-0.3, -0.25) is 4.21 Å². The van der Waals surface area contributed by atoms with Crippen LogP contribution in [0.15, 0.2) is 22.6 Å². The molecule has 1 unspecified atom stereocenters. The zero-order chi connectivity index (χ0) is 10.8. The van der Waals surface area contributed by atoms with Crippen molar-refractivity contribution >= 4 is 22.2 Å². The fraction of sp³-hybridized carbons (Fsp3) is 0.222. The highest BCUT2D eigenvalue weighted by molar-refractivity contribution is 7.78. The number of nitrogens with zero attached hydrogens (tertiary/aromatic N) is 1.